The summed E-state index contributed by atoms with van der Waals surface area (Å²) in [4.78, 5) is 34.5. The van der Waals surface area contributed by atoms with Crippen LogP contribution in [0, 0.1) is 44.6 Å². The van der Waals surface area contributed by atoms with Gasteiger partial charge >= 0.3 is 0 Å². The van der Waals surface area contributed by atoms with E-state index in [9.17, 15) is 14.9 Å². The number of rotatable bonds is 5. The van der Waals surface area contributed by atoms with Crippen LogP contribution in [-0.4, -0.2) is 35.8 Å². The van der Waals surface area contributed by atoms with Crippen molar-refractivity contribution in [3.05, 3.63) is 10.1 Å². The van der Waals surface area contributed by atoms with Crippen molar-refractivity contribution in [2.75, 3.05) is 13.2 Å². The molecule has 8 heteroatoms. The van der Waals surface area contributed by atoms with Crippen LogP contribution in [0.15, 0.2) is 5.16 Å². The molecule has 0 bridgehead atoms. The number of carbonyl (C=O) groups is 1. The molecule has 0 saturated heterocycles. The number of oxime groups is 1. The fourth-order valence-electron chi connectivity index (χ4n) is 7.34. The van der Waals surface area contributed by atoms with Crippen LogP contribution < -0.4 is 5.73 Å². The molecule has 0 aliphatic heterocycles. The highest BCUT2D eigenvalue weighted by Gasteiger charge is 2.62. The maximum atomic E-state index is 12.6. The molecule has 4 aliphatic carbocycles. The molecule has 7 atom stereocenters. The van der Waals surface area contributed by atoms with Crippen molar-refractivity contribution in [2.45, 2.75) is 71.3 Å². The molecule has 0 spiro atoms. The number of nitrogens with zero attached hydrogens (tertiary/aromatic N) is 2. The van der Waals surface area contributed by atoms with E-state index in [4.69, 9.17) is 15.4 Å². The molecule has 0 amide bonds. The molecule has 0 aromatic carbocycles. The Kier molecular flexibility index (Phi) is 5.34. The van der Waals surface area contributed by atoms with Crippen molar-refractivity contribution < 1.29 is 19.6 Å². The SMILES string of the molecule is C[C@]12CCC(=NOCCN)CC1[C@H](O[N+](=O)[O-])C[C@@H]1[C@@H]2CC[C@]2(C)C(=O)CC[C@@H]12. The number of hydrogen-bond acceptors (Lipinski definition) is 7. The second-order valence-corrected chi connectivity index (χ2v) is 9.99. The van der Waals surface area contributed by atoms with Crippen molar-refractivity contribution in [3.8, 4) is 0 Å². The summed E-state index contributed by atoms with van der Waals surface area (Å²) >= 11 is 0. The summed E-state index contributed by atoms with van der Waals surface area (Å²) in [5.41, 5.74) is 6.14. The molecule has 162 valence electrons. The number of hydrogen-bond donors (Lipinski definition) is 1. The minimum absolute atomic E-state index is 0.0382. The molecule has 0 radical (unpaired) electrons. The van der Waals surface area contributed by atoms with Gasteiger partial charge in [-0.25, -0.2) is 0 Å². The molecule has 4 saturated carbocycles. The van der Waals surface area contributed by atoms with Gasteiger partial charge in [-0.1, -0.05) is 19.0 Å². The fourth-order valence-corrected chi connectivity index (χ4v) is 7.34. The van der Waals surface area contributed by atoms with Crippen molar-refractivity contribution in [3.63, 3.8) is 0 Å². The highest BCUT2D eigenvalue weighted by atomic mass is 17.0. The summed E-state index contributed by atoms with van der Waals surface area (Å²) in [6, 6.07) is 0. The summed E-state index contributed by atoms with van der Waals surface area (Å²) in [5.74, 6) is 1.56. The first-order valence-corrected chi connectivity index (χ1v) is 11.0. The van der Waals surface area contributed by atoms with E-state index in [1.807, 2.05) is 0 Å². The largest absolute Gasteiger partial charge is 0.395 e. The average Bonchev–Trinajstić information content (AvgIpc) is 2.97. The third-order valence-corrected chi connectivity index (χ3v) is 8.83. The van der Waals surface area contributed by atoms with Crippen LogP contribution in [0.4, 0.5) is 0 Å². The van der Waals surface area contributed by atoms with Gasteiger partial charge in [0, 0.05) is 18.4 Å². The van der Waals surface area contributed by atoms with Crippen molar-refractivity contribution in [2.24, 2.45) is 45.4 Å². The average molecular weight is 408 g/mol. The number of Topliss-reactive ketones (excluding diaryl/α,β-unsaturated/α-hetero) is 1. The van der Waals surface area contributed by atoms with Crippen LogP contribution in [0.1, 0.15) is 65.2 Å². The van der Waals surface area contributed by atoms with Crippen LogP contribution in [0.3, 0.4) is 0 Å². The molecule has 0 aromatic heterocycles. The summed E-state index contributed by atoms with van der Waals surface area (Å²) in [5, 5.41) is 14.9. The van der Waals surface area contributed by atoms with Crippen molar-refractivity contribution in [1.29, 1.82) is 0 Å². The summed E-state index contributed by atoms with van der Waals surface area (Å²) < 4.78 is 0. The lowest BCUT2D eigenvalue weighted by Gasteiger charge is -2.61. The second-order valence-electron chi connectivity index (χ2n) is 9.99. The van der Waals surface area contributed by atoms with Crippen LogP contribution in [-0.2, 0) is 14.5 Å². The smallest absolute Gasteiger partial charge is 0.294 e. The van der Waals surface area contributed by atoms with Gasteiger partial charge in [-0.15, -0.1) is 10.1 Å². The van der Waals surface area contributed by atoms with Gasteiger partial charge < -0.3 is 15.4 Å². The third-order valence-electron chi connectivity index (χ3n) is 8.83. The molecule has 0 heterocycles. The van der Waals surface area contributed by atoms with E-state index in [0.29, 0.717) is 56.0 Å². The highest BCUT2D eigenvalue weighted by Crippen LogP contribution is 2.65. The molecule has 0 aromatic rings. The minimum atomic E-state index is -0.635. The Balaban J connectivity index is 1.63. The van der Waals surface area contributed by atoms with E-state index in [2.05, 4.69) is 19.0 Å². The predicted molar refractivity (Wildman–Crippen MR) is 106 cm³/mol. The lowest BCUT2D eigenvalue weighted by Crippen LogP contribution is -2.58. The van der Waals surface area contributed by atoms with E-state index in [1.165, 1.54) is 0 Å². The summed E-state index contributed by atoms with van der Waals surface area (Å²) in [6.07, 6.45) is 6.20. The Labute approximate surface area is 171 Å². The topological polar surface area (TPSA) is 117 Å². The van der Waals surface area contributed by atoms with Gasteiger partial charge in [0.25, 0.3) is 5.09 Å². The molecular weight excluding hydrogens is 374 g/mol. The van der Waals surface area contributed by atoms with E-state index in [0.717, 1.165) is 37.8 Å². The predicted octanol–water partition coefficient (Wildman–Crippen LogP) is 3.12. The van der Waals surface area contributed by atoms with Gasteiger partial charge in [0.15, 0.2) is 0 Å². The molecule has 1 unspecified atom stereocenters. The molecule has 29 heavy (non-hydrogen) atoms. The summed E-state index contributed by atoms with van der Waals surface area (Å²) in [7, 11) is 0. The minimum Gasteiger partial charge on any atom is -0.395 e. The zero-order valence-electron chi connectivity index (χ0n) is 17.5. The van der Waals surface area contributed by atoms with Gasteiger partial charge in [0.2, 0.25) is 0 Å². The quantitative estimate of drug-likeness (QED) is 0.425. The van der Waals surface area contributed by atoms with Gasteiger partial charge in [0.05, 0.1) is 5.71 Å². The Morgan fingerprint density at radius 2 is 2.00 bits per heavy atom. The van der Waals surface area contributed by atoms with Gasteiger partial charge in [-0.2, -0.15) is 0 Å². The molecule has 2 N–H and O–H groups in total. The Morgan fingerprint density at radius 3 is 2.72 bits per heavy atom. The first kappa shape index (κ1) is 20.6. The zero-order chi connectivity index (χ0) is 20.8. The molecular formula is C21H33N3O5. The Bertz CT molecular complexity index is 712. The first-order chi connectivity index (χ1) is 13.8. The zero-order valence-corrected chi connectivity index (χ0v) is 17.5. The Hall–Kier alpha value is -1.70. The number of ketones is 1. The highest BCUT2D eigenvalue weighted by molar-refractivity contribution is 5.87. The fraction of sp³-hybridized carbons (Fsp3) is 0.905. The Morgan fingerprint density at radius 1 is 1.21 bits per heavy atom. The lowest BCUT2D eigenvalue weighted by atomic mass is 9.44. The van der Waals surface area contributed by atoms with Crippen molar-refractivity contribution >= 4 is 11.5 Å². The molecule has 4 rings (SSSR count). The van der Waals surface area contributed by atoms with Crippen LogP contribution in [0.2, 0.25) is 0 Å². The van der Waals surface area contributed by atoms with Gasteiger partial charge in [-0.05, 0) is 74.0 Å². The van der Waals surface area contributed by atoms with E-state index in [1.54, 1.807) is 0 Å². The number of fused-ring (bicyclic) bond motifs is 5. The number of nitrogens with two attached hydrogens (primary N) is 1. The monoisotopic (exact) mass is 407 g/mol. The van der Waals surface area contributed by atoms with Gasteiger partial charge in [-0.3, -0.25) is 4.79 Å². The van der Waals surface area contributed by atoms with Gasteiger partial charge in [0.1, 0.15) is 18.5 Å². The normalized spacial score (nSPS) is 45.3. The standard InChI is InChI=1S/C21H33N3O5/c1-20-7-5-13(23-28-10-9-22)11-17(20)18(29-24(26)27)12-14-15-3-4-19(25)21(15,2)8-6-16(14)20/h14-18H,3-12,22H2,1-2H3/t14-,15-,16-,17?,18+,20+,21-/m0/s1. The molecule has 4 fully saturated rings. The van der Waals surface area contributed by atoms with Crippen LogP contribution in [0.25, 0.3) is 0 Å². The second kappa shape index (κ2) is 7.52. The van der Waals surface area contributed by atoms with Crippen LogP contribution >= 0.6 is 0 Å². The third kappa shape index (κ3) is 3.33. The molecule has 8 nitrogen and oxygen atoms in total. The maximum absolute atomic E-state index is 12.6. The van der Waals surface area contributed by atoms with Crippen LogP contribution in [0.5, 0.6) is 0 Å². The lowest BCUT2D eigenvalue weighted by molar-refractivity contribution is -0.772. The van der Waals surface area contributed by atoms with E-state index in [-0.39, 0.29) is 16.7 Å². The summed E-state index contributed by atoms with van der Waals surface area (Å²) in [6.45, 7) is 5.20. The first-order valence-electron chi connectivity index (χ1n) is 11.0. The van der Waals surface area contributed by atoms with E-state index < -0.39 is 11.2 Å². The molecule has 4 aliphatic rings. The maximum Gasteiger partial charge on any atom is 0.294 e. The van der Waals surface area contributed by atoms with E-state index >= 15 is 0 Å². The number of carbonyl (C=O) groups excluding carboxylic acids is 1. The van der Waals surface area contributed by atoms with Crippen molar-refractivity contribution in [1.82, 2.24) is 0 Å².